The van der Waals surface area contributed by atoms with Crippen molar-refractivity contribution in [2.24, 2.45) is 0 Å². The van der Waals surface area contributed by atoms with Gasteiger partial charge in [0.05, 0.1) is 30.7 Å². The van der Waals surface area contributed by atoms with Gasteiger partial charge in [-0.25, -0.2) is 0 Å². The van der Waals surface area contributed by atoms with Gasteiger partial charge in [0, 0.05) is 13.0 Å². The molecule has 1 fully saturated rings. The molecular weight excluding hydrogens is 364 g/mol. The van der Waals surface area contributed by atoms with Gasteiger partial charge in [-0.3, -0.25) is 4.79 Å². The van der Waals surface area contributed by atoms with Crippen molar-refractivity contribution in [3.05, 3.63) is 30.1 Å². The van der Waals surface area contributed by atoms with Crippen molar-refractivity contribution >= 4 is 23.4 Å². The number of amides is 1. The quantitative estimate of drug-likeness (QED) is 0.663. The molecule has 146 valence electrons. The molecule has 2 heterocycles. The van der Waals surface area contributed by atoms with Crippen molar-refractivity contribution in [3.63, 3.8) is 0 Å². The molecule has 1 N–H and O–H groups in total. The summed E-state index contributed by atoms with van der Waals surface area (Å²) >= 11 is 1.39. The number of benzene rings is 1. The maximum Gasteiger partial charge on any atom is 0.234 e. The summed E-state index contributed by atoms with van der Waals surface area (Å²) in [4.78, 5) is 12.4. The van der Waals surface area contributed by atoms with Crippen LogP contribution in [0.5, 0.6) is 5.75 Å². The van der Waals surface area contributed by atoms with Crippen LogP contribution in [0, 0.1) is 0 Å². The molecule has 0 aliphatic carbocycles. The fourth-order valence-corrected chi connectivity index (χ4v) is 3.80. The molecule has 0 spiro atoms. The van der Waals surface area contributed by atoms with E-state index in [1.807, 2.05) is 31.2 Å². The van der Waals surface area contributed by atoms with E-state index in [1.54, 1.807) is 0 Å². The molecule has 1 saturated heterocycles. The molecule has 1 amide bonds. The summed E-state index contributed by atoms with van der Waals surface area (Å²) in [6.45, 7) is 6.09. The molecule has 7 nitrogen and oxygen atoms in total. The number of para-hydroxylation sites is 2. The maximum absolute atomic E-state index is 12.4. The normalized spacial score (nSPS) is 16.4. The third kappa shape index (κ3) is 5.23. The van der Waals surface area contributed by atoms with Crippen LogP contribution in [0.25, 0.3) is 0 Å². The first-order valence-corrected chi connectivity index (χ1v) is 10.4. The summed E-state index contributed by atoms with van der Waals surface area (Å²) in [6.07, 6.45) is 3.16. The molecular formula is C19H26N4O3S. The van der Waals surface area contributed by atoms with Crippen LogP contribution in [0.2, 0.25) is 0 Å². The van der Waals surface area contributed by atoms with Crippen molar-refractivity contribution in [2.45, 2.75) is 50.9 Å². The Morgan fingerprint density at radius 2 is 2.22 bits per heavy atom. The molecule has 27 heavy (non-hydrogen) atoms. The van der Waals surface area contributed by atoms with Crippen molar-refractivity contribution in [1.82, 2.24) is 14.8 Å². The third-order valence-electron chi connectivity index (χ3n) is 4.31. The summed E-state index contributed by atoms with van der Waals surface area (Å²) in [5.74, 6) is 1.76. The van der Waals surface area contributed by atoms with Gasteiger partial charge in [0.1, 0.15) is 11.6 Å². The van der Waals surface area contributed by atoms with Gasteiger partial charge >= 0.3 is 0 Å². The van der Waals surface area contributed by atoms with E-state index < -0.39 is 0 Å². The summed E-state index contributed by atoms with van der Waals surface area (Å²) < 4.78 is 13.4. The second-order valence-electron chi connectivity index (χ2n) is 6.26. The van der Waals surface area contributed by atoms with E-state index in [-0.39, 0.29) is 17.8 Å². The lowest BCUT2D eigenvalue weighted by Crippen LogP contribution is -2.19. The lowest BCUT2D eigenvalue weighted by atomic mass is 10.2. The minimum absolute atomic E-state index is 0.100. The first-order valence-electron chi connectivity index (χ1n) is 9.39. The highest BCUT2D eigenvalue weighted by Gasteiger charge is 2.21. The first-order chi connectivity index (χ1) is 13.2. The van der Waals surface area contributed by atoms with Gasteiger partial charge in [0.2, 0.25) is 5.91 Å². The number of thioether (sulfide) groups is 1. The van der Waals surface area contributed by atoms with Gasteiger partial charge in [-0.1, -0.05) is 30.8 Å². The van der Waals surface area contributed by atoms with Gasteiger partial charge < -0.3 is 19.4 Å². The average Bonchev–Trinajstić information content (AvgIpc) is 3.32. The topological polar surface area (TPSA) is 78.3 Å². The molecule has 8 heteroatoms. The molecule has 1 aliphatic rings. The fraction of sp³-hybridized carbons (Fsp3) is 0.526. The molecule has 0 bridgehead atoms. The van der Waals surface area contributed by atoms with E-state index in [2.05, 4.69) is 27.0 Å². The van der Waals surface area contributed by atoms with Crippen molar-refractivity contribution in [3.8, 4) is 5.75 Å². The number of rotatable bonds is 9. The Bertz CT molecular complexity index is 759. The SMILES string of the molecule is CCOc1ccccc1NC(=O)CSc1nnc(CC)n1CC1CCCO1. The number of hydrogen-bond acceptors (Lipinski definition) is 6. The Kier molecular flexibility index (Phi) is 7.11. The molecule has 0 radical (unpaired) electrons. The van der Waals surface area contributed by atoms with E-state index in [9.17, 15) is 4.79 Å². The van der Waals surface area contributed by atoms with E-state index in [4.69, 9.17) is 9.47 Å². The largest absolute Gasteiger partial charge is 0.492 e. The zero-order chi connectivity index (χ0) is 19.1. The Balaban J connectivity index is 1.61. The van der Waals surface area contributed by atoms with Crippen LogP contribution >= 0.6 is 11.8 Å². The van der Waals surface area contributed by atoms with Crippen molar-refractivity contribution in [2.75, 3.05) is 24.3 Å². The number of nitrogens with one attached hydrogen (secondary N) is 1. The van der Waals surface area contributed by atoms with E-state index >= 15 is 0 Å². The Labute approximate surface area is 163 Å². The molecule has 1 aromatic carbocycles. The summed E-state index contributed by atoms with van der Waals surface area (Å²) in [5, 5.41) is 12.2. The van der Waals surface area contributed by atoms with E-state index in [0.29, 0.717) is 18.0 Å². The Hall–Kier alpha value is -2.06. The van der Waals surface area contributed by atoms with Gasteiger partial charge in [0.25, 0.3) is 0 Å². The maximum atomic E-state index is 12.4. The molecule has 2 aromatic rings. The number of aromatic nitrogens is 3. The highest BCUT2D eigenvalue weighted by Crippen LogP contribution is 2.25. The number of carbonyl (C=O) groups excluding carboxylic acids is 1. The predicted molar refractivity (Wildman–Crippen MR) is 105 cm³/mol. The Morgan fingerprint density at radius 3 is 2.96 bits per heavy atom. The van der Waals surface area contributed by atoms with Gasteiger partial charge in [-0.05, 0) is 31.9 Å². The Morgan fingerprint density at radius 1 is 1.37 bits per heavy atom. The monoisotopic (exact) mass is 390 g/mol. The lowest BCUT2D eigenvalue weighted by Gasteiger charge is -2.14. The third-order valence-corrected chi connectivity index (χ3v) is 5.28. The minimum Gasteiger partial charge on any atom is -0.492 e. The second-order valence-corrected chi connectivity index (χ2v) is 7.21. The van der Waals surface area contributed by atoms with Gasteiger partial charge in [0.15, 0.2) is 5.16 Å². The molecule has 3 rings (SSSR count). The number of nitrogens with zero attached hydrogens (tertiary/aromatic N) is 3. The van der Waals surface area contributed by atoms with Crippen LogP contribution in [0.15, 0.2) is 29.4 Å². The number of ether oxygens (including phenoxy) is 2. The zero-order valence-corrected chi connectivity index (χ0v) is 16.6. The van der Waals surface area contributed by atoms with Crippen LogP contribution < -0.4 is 10.1 Å². The van der Waals surface area contributed by atoms with Crippen LogP contribution in [-0.2, 0) is 22.5 Å². The second kappa shape index (κ2) is 9.75. The van der Waals surface area contributed by atoms with Crippen molar-refractivity contribution < 1.29 is 14.3 Å². The standard InChI is InChI=1S/C19H26N4O3S/c1-3-17-21-22-19(23(17)12-14-8-7-11-26-14)27-13-18(24)20-15-9-5-6-10-16(15)25-4-2/h5-6,9-10,14H,3-4,7-8,11-13H2,1-2H3,(H,20,24). The lowest BCUT2D eigenvalue weighted by molar-refractivity contribution is -0.113. The van der Waals surface area contributed by atoms with E-state index in [1.165, 1.54) is 11.8 Å². The van der Waals surface area contributed by atoms with Crippen LogP contribution in [0.4, 0.5) is 5.69 Å². The average molecular weight is 391 g/mol. The molecule has 1 aliphatic heterocycles. The summed E-state index contributed by atoms with van der Waals surface area (Å²) in [7, 11) is 0. The molecule has 1 aromatic heterocycles. The van der Waals surface area contributed by atoms with Crippen LogP contribution in [0.3, 0.4) is 0 Å². The number of carbonyl (C=O) groups is 1. The summed E-state index contributed by atoms with van der Waals surface area (Å²) in [5.41, 5.74) is 0.681. The fourth-order valence-electron chi connectivity index (χ4n) is 3.03. The molecule has 1 unspecified atom stereocenters. The van der Waals surface area contributed by atoms with Crippen molar-refractivity contribution in [1.29, 1.82) is 0 Å². The first kappa shape index (κ1) is 19.7. The minimum atomic E-state index is -0.100. The smallest absolute Gasteiger partial charge is 0.234 e. The number of hydrogen-bond donors (Lipinski definition) is 1. The van der Waals surface area contributed by atoms with Gasteiger partial charge in [-0.2, -0.15) is 0 Å². The molecule has 0 saturated carbocycles. The van der Waals surface area contributed by atoms with Crippen LogP contribution in [-0.4, -0.2) is 45.7 Å². The molecule has 1 atom stereocenters. The van der Waals surface area contributed by atoms with E-state index in [0.717, 1.165) is 43.4 Å². The van der Waals surface area contributed by atoms with Gasteiger partial charge in [-0.15, -0.1) is 10.2 Å². The zero-order valence-electron chi connectivity index (χ0n) is 15.8. The van der Waals surface area contributed by atoms with Crippen LogP contribution in [0.1, 0.15) is 32.5 Å². The highest BCUT2D eigenvalue weighted by atomic mass is 32.2. The predicted octanol–water partition coefficient (Wildman–Crippen LogP) is 3.15. The number of anilines is 1. The summed E-state index contributed by atoms with van der Waals surface area (Å²) in [6, 6.07) is 7.44. The number of aryl methyl sites for hydroxylation is 1. The highest BCUT2D eigenvalue weighted by molar-refractivity contribution is 7.99.